The van der Waals surface area contributed by atoms with Gasteiger partial charge in [0.05, 0.1) is 0 Å². The summed E-state index contributed by atoms with van der Waals surface area (Å²) >= 11 is 3.41. The Balaban J connectivity index is 2.22. The number of rotatable bonds is 4. The second kappa shape index (κ2) is 5.97. The lowest BCUT2D eigenvalue weighted by Crippen LogP contribution is -2.27. The van der Waals surface area contributed by atoms with Gasteiger partial charge < -0.3 is 20.1 Å². The summed E-state index contributed by atoms with van der Waals surface area (Å²) in [7, 11) is 3.41. The molecule has 0 amide bonds. The average molecular weight is 316 g/mol. The van der Waals surface area contributed by atoms with E-state index in [0.717, 1.165) is 28.9 Å². The van der Waals surface area contributed by atoms with Gasteiger partial charge in [-0.15, -0.1) is 0 Å². The van der Waals surface area contributed by atoms with E-state index in [2.05, 4.69) is 25.8 Å². The minimum Gasteiger partial charge on any atom is -0.377 e. The number of pyridine rings is 1. The molecule has 2 atom stereocenters. The zero-order valence-electron chi connectivity index (χ0n) is 10.6. The van der Waals surface area contributed by atoms with Gasteiger partial charge in [0.2, 0.25) is 0 Å². The molecule has 1 aromatic rings. The van der Waals surface area contributed by atoms with Gasteiger partial charge in [-0.3, -0.25) is 0 Å². The molecule has 1 aliphatic rings. The smallest absolute Gasteiger partial charge is 0.133 e. The molecule has 1 fully saturated rings. The molecule has 2 rings (SSSR count). The molecule has 2 unspecified atom stereocenters. The van der Waals surface area contributed by atoms with Gasteiger partial charge >= 0.3 is 0 Å². The van der Waals surface area contributed by atoms with Crippen LogP contribution in [0, 0.1) is 0 Å². The van der Waals surface area contributed by atoms with E-state index in [0.29, 0.717) is 6.54 Å². The lowest BCUT2D eigenvalue weighted by molar-refractivity contribution is -0.00461. The Bertz CT molecular complexity index is 404. The van der Waals surface area contributed by atoms with Gasteiger partial charge in [-0.1, -0.05) is 0 Å². The maximum Gasteiger partial charge on any atom is 0.133 e. The van der Waals surface area contributed by atoms with Crippen LogP contribution >= 0.6 is 15.9 Å². The van der Waals surface area contributed by atoms with Gasteiger partial charge in [0.1, 0.15) is 18.0 Å². The van der Waals surface area contributed by atoms with Crippen LogP contribution in [0.25, 0.3) is 0 Å². The minimum atomic E-state index is 0.0751. The van der Waals surface area contributed by atoms with Crippen LogP contribution in [0.1, 0.15) is 5.56 Å². The van der Waals surface area contributed by atoms with Crippen LogP contribution in [-0.2, 0) is 16.0 Å². The number of nitrogens with two attached hydrogens (primary N) is 1. The molecule has 1 saturated heterocycles. The molecule has 1 aliphatic heterocycles. The van der Waals surface area contributed by atoms with E-state index in [4.69, 9.17) is 15.2 Å². The van der Waals surface area contributed by atoms with E-state index >= 15 is 0 Å². The highest BCUT2D eigenvalue weighted by Crippen LogP contribution is 2.26. The van der Waals surface area contributed by atoms with Crippen molar-refractivity contribution in [2.45, 2.75) is 18.8 Å². The molecular weight excluding hydrogens is 298 g/mol. The number of halogens is 1. The first-order valence-electron chi connectivity index (χ1n) is 5.84. The molecule has 2 N–H and O–H groups in total. The lowest BCUT2D eigenvalue weighted by Gasteiger charge is -2.19. The standard InChI is InChI=1S/C12H18BrN3O2/c1-17-10-6-16(7-11(10)18-2)12-8(4-14)3-9(13)5-15-12/h3,5,10-11H,4,6-7,14H2,1-2H3. The molecule has 6 heteroatoms. The summed E-state index contributed by atoms with van der Waals surface area (Å²) in [5.41, 5.74) is 6.80. The molecule has 100 valence electrons. The zero-order valence-corrected chi connectivity index (χ0v) is 12.2. The van der Waals surface area contributed by atoms with Gasteiger partial charge in [-0.05, 0) is 22.0 Å². The predicted octanol–water partition coefficient (Wildman–Crippen LogP) is 1.15. The van der Waals surface area contributed by atoms with Crippen LogP contribution in [0.2, 0.25) is 0 Å². The minimum absolute atomic E-state index is 0.0751. The van der Waals surface area contributed by atoms with Gasteiger partial charge in [0.25, 0.3) is 0 Å². The fourth-order valence-electron chi connectivity index (χ4n) is 2.28. The number of anilines is 1. The fourth-order valence-corrected chi connectivity index (χ4v) is 2.66. The largest absolute Gasteiger partial charge is 0.377 e. The van der Waals surface area contributed by atoms with Crippen molar-refractivity contribution in [1.82, 2.24) is 4.98 Å². The Morgan fingerprint density at radius 3 is 2.50 bits per heavy atom. The third-order valence-electron chi connectivity index (χ3n) is 3.25. The van der Waals surface area contributed by atoms with E-state index in [1.165, 1.54) is 0 Å². The molecule has 2 heterocycles. The number of aromatic nitrogens is 1. The highest BCUT2D eigenvalue weighted by Gasteiger charge is 2.34. The van der Waals surface area contributed by atoms with Crippen molar-refractivity contribution < 1.29 is 9.47 Å². The molecule has 0 aromatic carbocycles. The maximum absolute atomic E-state index is 5.77. The van der Waals surface area contributed by atoms with Crippen molar-refractivity contribution in [2.75, 3.05) is 32.2 Å². The maximum atomic E-state index is 5.77. The van der Waals surface area contributed by atoms with Crippen LogP contribution in [0.4, 0.5) is 5.82 Å². The monoisotopic (exact) mass is 315 g/mol. The van der Waals surface area contributed by atoms with Gasteiger partial charge in [0.15, 0.2) is 0 Å². The third-order valence-corrected chi connectivity index (χ3v) is 3.68. The van der Waals surface area contributed by atoms with E-state index in [1.807, 2.05) is 6.07 Å². The number of hydrogen-bond donors (Lipinski definition) is 1. The molecule has 0 spiro atoms. The van der Waals surface area contributed by atoms with E-state index in [9.17, 15) is 0 Å². The Hall–Kier alpha value is -0.690. The normalized spacial score (nSPS) is 23.7. The predicted molar refractivity (Wildman–Crippen MR) is 73.6 cm³/mol. The molecule has 0 bridgehead atoms. The van der Waals surface area contributed by atoms with Gasteiger partial charge in [-0.2, -0.15) is 0 Å². The Labute approximate surface area is 115 Å². The van der Waals surface area contributed by atoms with Crippen molar-refractivity contribution in [3.05, 3.63) is 22.3 Å². The van der Waals surface area contributed by atoms with Crippen molar-refractivity contribution in [3.63, 3.8) is 0 Å². The molecule has 1 aromatic heterocycles. The number of methoxy groups -OCH3 is 2. The van der Waals surface area contributed by atoms with E-state index in [-0.39, 0.29) is 12.2 Å². The second-order valence-corrected chi connectivity index (χ2v) is 5.21. The average Bonchev–Trinajstić information content (AvgIpc) is 2.81. The van der Waals surface area contributed by atoms with Crippen molar-refractivity contribution in [1.29, 1.82) is 0 Å². The molecule has 0 aliphatic carbocycles. The Morgan fingerprint density at radius 1 is 1.39 bits per heavy atom. The topological polar surface area (TPSA) is 60.6 Å². The van der Waals surface area contributed by atoms with Crippen molar-refractivity contribution >= 4 is 21.7 Å². The molecular formula is C12H18BrN3O2. The Morgan fingerprint density at radius 2 is 2.00 bits per heavy atom. The molecule has 0 radical (unpaired) electrons. The first-order chi connectivity index (χ1) is 8.69. The molecule has 18 heavy (non-hydrogen) atoms. The fraction of sp³-hybridized carbons (Fsp3) is 0.583. The van der Waals surface area contributed by atoms with Gasteiger partial charge in [-0.25, -0.2) is 4.98 Å². The summed E-state index contributed by atoms with van der Waals surface area (Å²) in [6.07, 6.45) is 1.94. The van der Waals surface area contributed by atoms with E-state index in [1.54, 1.807) is 20.4 Å². The summed E-state index contributed by atoms with van der Waals surface area (Å²) in [5, 5.41) is 0. The number of nitrogens with zero attached hydrogens (tertiary/aromatic N) is 2. The van der Waals surface area contributed by atoms with E-state index < -0.39 is 0 Å². The number of hydrogen-bond acceptors (Lipinski definition) is 5. The Kier molecular flexibility index (Phi) is 4.55. The second-order valence-electron chi connectivity index (χ2n) is 4.29. The van der Waals surface area contributed by atoms with Gasteiger partial charge in [0, 0.05) is 50.1 Å². The summed E-state index contributed by atoms with van der Waals surface area (Å²) < 4.78 is 11.8. The highest BCUT2D eigenvalue weighted by molar-refractivity contribution is 9.10. The summed E-state index contributed by atoms with van der Waals surface area (Å²) in [6, 6.07) is 2.00. The highest BCUT2D eigenvalue weighted by atomic mass is 79.9. The molecule has 5 nitrogen and oxygen atoms in total. The molecule has 0 saturated carbocycles. The summed E-state index contributed by atoms with van der Waals surface area (Å²) in [4.78, 5) is 6.62. The quantitative estimate of drug-likeness (QED) is 0.903. The first kappa shape index (κ1) is 13.7. The summed E-state index contributed by atoms with van der Waals surface area (Å²) in [6.45, 7) is 2.01. The first-order valence-corrected chi connectivity index (χ1v) is 6.64. The van der Waals surface area contributed by atoms with Crippen molar-refractivity contribution in [3.8, 4) is 0 Å². The van der Waals surface area contributed by atoms with Crippen LogP contribution in [-0.4, -0.2) is 44.5 Å². The van der Waals surface area contributed by atoms with Crippen LogP contribution in [0.15, 0.2) is 16.7 Å². The van der Waals surface area contributed by atoms with Crippen LogP contribution in [0.3, 0.4) is 0 Å². The van der Waals surface area contributed by atoms with Crippen LogP contribution < -0.4 is 10.6 Å². The number of ether oxygens (including phenoxy) is 2. The van der Waals surface area contributed by atoms with Crippen molar-refractivity contribution in [2.24, 2.45) is 5.73 Å². The SMILES string of the molecule is COC1CN(c2ncc(Br)cc2CN)CC1OC. The lowest BCUT2D eigenvalue weighted by atomic mass is 10.2. The third kappa shape index (κ3) is 2.66. The van der Waals surface area contributed by atoms with Crippen LogP contribution in [0.5, 0.6) is 0 Å². The zero-order chi connectivity index (χ0) is 13.1. The summed E-state index contributed by atoms with van der Waals surface area (Å²) in [5.74, 6) is 0.919.